The second kappa shape index (κ2) is 8.03. The summed E-state index contributed by atoms with van der Waals surface area (Å²) in [6.45, 7) is 7.78. The molecule has 0 aliphatic heterocycles. The quantitative estimate of drug-likeness (QED) is 0.352. The highest BCUT2D eigenvalue weighted by molar-refractivity contribution is 6.76. The van der Waals surface area contributed by atoms with Gasteiger partial charge in [0.15, 0.2) is 11.9 Å². The van der Waals surface area contributed by atoms with Crippen molar-refractivity contribution in [2.24, 2.45) is 0 Å². The van der Waals surface area contributed by atoms with Gasteiger partial charge in [-0.25, -0.2) is 14.8 Å². The molecule has 0 saturated heterocycles. The number of hydrogen-bond donors (Lipinski definition) is 1. The van der Waals surface area contributed by atoms with Crippen molar-refractivity contribution in [2.45, 2.75) is 32.4 Å². The van der Waals surface area contributed by atoms with Crippen molar-refractivity contribution < 1.29 is 19.4 Å². The number of carbonyl (C=O) groups excluding carboxylic acids is 1. The van der Waals surface area contributed by atoms with Crippen molar-refractivity contribution in [3.63, 3.8) is 0 Å². The molecule has 0 unspecified atom stereocenters. The molecule has 3 rings (SSSR count). The fourth-order valence-electron chi connectivity index (χ4n) is 2.81. The Morgan fingerprint density at radius 2 is 2.07 bits per heavy atom. The molecule has 0 spiro atoms. The van der Waals surface area contributed by atoms with Gasteiger partial charge in [0, 0.05) is 14.7 Å². The van der Waals surface area contributed by atoms with E-state index in [4.69, 9.17) is 4.74 Å². The first-order valence-corrected chi connectivity index (χ1v) is 12.7. The van der Waals surface area contributed by atoms with Crippen molar-refractivity contribution >= 4 is 31.5 Å². The van der Waals surface area contributed by atoms with Gasteiger partial charge < -0.3 is 9.84 Å². The van der Waals surface area contributed by atoms with E-state index in [0.29, 0.717) is 24.1 Å². The fraction of sp³-hybridized carbons (Fsp3) is 0.300. The number of carbonyl (C=O) groups is 2. The van der Waals surface area contributed by atoms with Gasteiger partial charge in [0.2, 0.25) is 0 Å². The molecule has 0 radical (unpaired) electrons. The smallest absolute Gasteiger partial charge is 0.335 e. The predicted octanol–water partition coefficient (Wildman–Crippen LogP) is 3.92. The van der Waals surface area contributed by atoms with E-state index < -0.39 is 14.0 Å². The van der Waals surface area contributed by atoms with Crippen LogP contribution in [0.2, 0.25) is 25.7 Å². The summed E-state index contributed by atoms with van der Waals surface area (Å²) in [6, 6.07) is 9.53. The zero-order chi connectivity index (χ0) is 20.3. The average molecular weight is 398 g/mol. The molecular formula is C20H23N3O4Si. The van der Waals surface area contributed by atoms with Crippen LogP contribution in [0.4, 0.5) is 0 Å². The van der Waals surface area contributed by atoms with Crippen LogP contribution in [-0.4, -0.2) is 46.6 Å². The minimum atomic E-state index is -1.21. The number of carboxylic acid groups (broad SMARTS) is 1. The van der Waals surface area contributed by atoms with Crippen LogP contribution in [0.25, 0.3) is 22.4 Å². The zero-order valence-corrected chi connectivity index (χ0v) is 17.2. The normalized spacial score (nSPS) is 11.7. The fourth-order valence-corrected chi connectivity index (χ4v) is 3.57. The third kappa shape index (κ3) is 4.52. The largest absolute Gasteiger partial charge is 0.478 e. The number of aromatic carboxylic acids is 1. The molecule has 7 nitrogen and oxygen atoms in total. The third-order valence-electron chi connectivity index (χ3n) is 4.36. The summed E-state index contributed by atoms with van der Waals surface area (Å²) in [6.07, 6.45) is 2.07. The summed E-state index contributed by atoms with van der Waals surface area (Å²) in [5, 5.41) is 9.29. The Bertz CT molecular complexity index is 1020. The maximum atomic E-state index is 11.3. The third-order valence-corrected chi connectivity index (χ3v) is 6.06. The molecule has 146 valence electrons. The number of ether oxygens (including phenoxy) is 1. The Labute approximate surface area is 164 Å². The van der Waals surface area contributed by atoms with Crippen LogP contribution in [-0.2, 0) is 11.5 Å². The van der Waals surface area contributed by atoms with Crippen molar-refractivity contribution in [3.05, 3.63) is 47.8 Å². The van der Waals surface area contributed by atoms with Gasteiger partial charge in [-0.15, -0.1) is 0 Å². The molecule has 0 amide bonds. The van der Waals surface area contributed by atoms with Crippen LogP contribution < -0.4 is 0 Å². The Balaban J connectivity index is 2.01. The maximum absolute atomic E-state index is 11.3. The molecule has 0 atom stereocenters. The lowest BCUT2D eigenvalue weighted by Gasteiger charge is -2.16. The van der Waals surface area contributed by atoms with E-state index in [0.717, 1.165) is 17.3 Å². The molecule has 28 heavy (non-hydrogen) atoms. The van der Waals surface area contributed by atoms with Gasteiger partial charge in [0.25, 0.3) is 0 Å². The van der Waals surface area contributed by atoms with Crippen LogP contribution in [0.15, 0.2) is 36.5 Å². The number of aldehydes is 1. The molecule has 0 aliphatic rings. The topological polar surface area (TPSA) is 94.3 Å². The van der Waals surface area contributed by atoms with Crippen molar-refractivity contribution in [3.8, 4) is 11.3 Å². The summed E-state index contributed by atoms with van der Waals surface area (Å²) in [7, 11) is -1.21. The SMILES string of the molecule is C[Si](C)(C)CCOCn1c(-c2cccc(C(=O)O)c2)cc2nc(C=O)cnc21. The Hall–Kier alpha value is -2.84. The van der Waals surface area contributed by atoms with Gasteiger partial charge in [0.1, 0.15) is 17.9 Å². The molecule has 0 fully saturated rings. The zero-order valence-electron chi connectivity index (χ0n) is 16.2. The second-order valence-electron chi connectivity index (χ2n) is 7.81. The van der Waals surface area contributed by atoms with E-state index >= 15 is 0 Å². The van der Waals surface area contributed by atoms with Crippen molar-refractivity contribution in [1.82, 2.24) is 14.5 Å². The number of fused-ring (bicyclic) bond motifs is 1. The van der Waals surface area contributed by atoms with E-state index in [1.54, 1.807) is 24.3 Å². The highest BCUT2D eigenvalue weighted by Crippen LogP contribution is 2.27. The molecule has 0 bridgehead atoms. The summed E-state index contributed by atoms with van der Waals surface area (Å²) in [4.78, 5) is 31.1. The molecule has 2 heterocycles. The highest BCUT2D eigenvalue weighted by atomic mass is 28.3. The first-order valence-electron chi connectivity index (χ1n) is 9.01. The lowest BCUT2D eigenvalue weighted by Crippen LogP contribution is -2.22. The first kappa shape index (κ1) is 19.9. The van der Waals surface area contributed by atoms with E-state index in [2.05, 4.69) is 29.6 Å². The lowest BCUT2D eigenvalue weighted by atomic mass is 10.1. The van der Waals surface area contributed by atoms with Gasteiger partial charge in [-0.1, -0.05) is 31.8 Å². The van der Waals surface area contributed by atoms with Gasteiger partial charge in [0.05, 0.1) is 17.5 Å². The molecule has 8 heteroatoms. The van der Waals surface area contributed by atoms with Gasteiger partial charge in [-0.05, 0) is 29.8 Å². The van der Waals surface area contributed by atoms with Gasteiger partial charge >= 0.3 is 5.97 Å². The van der Waals surface area contributed by atoms with E-state index in [9.17, 15) is 14.7 Å². The van der Waals surface area contributed by atoms with Crippen LogP contribution >= 0.6 is 0 Å². The van der Waals surface area contributed by atoms with E-state index in [1.165, 1.54) is 6.20 Å². The lowest BCUT2D eigenvalue weighted by molar-refractivity contribution is 0.0696. The molecule has 0 aliphatic carbocycles. The number of hydrogen-bond acceptors (Lipinski definition) is 5. The molecule has 0 saturated carbocycles. The summed E-state index contributed by atoms with van der Waals surface area (Å²) in [5.41, 5.74) is 3.07. The van der Waals surface area contributed by atoms with E-state index in [1.807, 2.05) is 10.6 Å². The second-order valence-corrected chi connectivity index (χ2v) is 13.4. The molecule has 3 aromatic rings. The monoisotopic (exact) mass is 397 g/mol. The van der Waals surface area contributed by atoms with Gasteiger partial charge in [-0.3, -0.25) is 9.36 Å². The van der Waals surface area contributed by atoms with Crippen molar-refractivity contribution in [1.29, 1.82) is 0 Å². The van der Waals surface area contributed by atoms with E-state index in [-0.39, 0.29) is 18.0 Å². The first-order chi connectivity index (χ1) is 13.3. The Morgan fingerprint density at radius 1 is 1.29 bits per heavy atom. The molecule has 1 aromatic carbocycles. The van der Waals surface area contributed by atoms with Crippen molar-refractivity contribution in [2.75, 3.05) is 6.61 Å². The molecule has 1 N–H and O–H groups in total. The molecular weight excluding hydrogens is 374 g/mol. The summed E-state index contributed by atoms with van der Waals surface area (Å²) in [5.74, 6) is -0.990. The molecule has 2 aromatic heterocycles. The predicted molar refractivity (Wildman–Crippen MR) is 109 cm³/mol. The summed E-state index contributed by atoms with van der Waals surface area (Å²) < 4.78 is 7.77. The van der Waals surface area contributed by atoms with Crippen LogP contribution in [0.3, 0.4) is 0 Å². The van der Waals surface area contributed by atoms with Crippen LogP contribution in [0.5, 0.6) is 0 Å². The Kier molecular flexibility index (Phi) is 5.71. The number of rotatable bonds is 8. The van der Waals surface area contributed by atoms with Gasteiger partial charge in [-0.2, -0.15) is 0 Å². The van der Waals surface area contributed by atoms with Crippen LogP contribution in [0.1, 0.15) is 20.8 Å². The standard InChI is InChI=1S/C20H23N3O4Si/c1-28(2,3)8-7-27-13-23-18(14-5-4-6-15(9-14)20(25)26)10-17-19(23)21-11-16(12-24)22-17/h4-6,9-12H,7-8,13H2,1-3H3,(H,25,26). The highest BCUT2D eigenvalue weighted by Gasteiger charge is 2.16. The van der Waals surface area contributed by atoms with Crippen LogP contribution in [0, 0.1) is 0 Å². The number of nitrogens with zero attached hydrogens (tertiary/aromatic N) is 3. The summed E-state index contributed by atoms with van der Waals surface area (Å²) >= 11 is 0. The minimum Gasteiger partial charge on any atom is -0.478 e. The number of carboxylic acids is 1. The Morgan fingerprint density at radius 3 is 2.75 bits per heavy atom. The number of aromatic nitrogens is 3. The number of benzene rings is 1. The maximum Gasteiger partial charge on any atom is 0.335 e. The average Bonchev–Trinajstić information content (AvgIpc) is 3.02. The minimum absolute atomic E-state index is 0.198.